The Morgan fingerprint density at radius 2 is 2.00 bits per heavy atom. The summed E-state index contributed by atoms with van der Waals surface area (Å²) in [5.41, 5.74) is 7.97. The summed E-state index contributed by atoms with van der Waals surface area (Å²) in [6.07, 6.45) is 3.13. The van der Waals surface area contributed by atoms with Crippen molar-refractivity contribution in [3.63, 3.8) is 0 Å². The second-order valence-electron chi connectivity index (χ2n) is 4.74. The number of benzene rings is 1. The highest BCUT2D eigenvalue weighted by atomic mass is 16.1. The first-order chi connectivity index (χ1) is 8.65. The van der Waals surface area contributed by atoms with Crippen molar-refractivity contribution >= 4 is 5.91 Å². The highest BCUT2D eigenvalue weighted by molar-refractivity contribution is 5.76. The molecule has 0 spiro atoms. The maximum absolute atomic E-state index is 11.8. The first kappa shape index (κ1) is 14.7. The predicted octanol–water partition coefficient (Wildman–Crippen LogP) is 2.17. The first-order valence-corrected chi connectivity index (χ1v) is 6.70. The van der Waals surface area contributed by atoms with Gasteiger partial charge in [0.25, 0.3) is 0 Å². The third kappa shape index (κ3) is 5.32. The summed E-state index contributed by atoms with van der Waals surface area (Å²) in [7, 11) is 0. The van der Waals surface area contributed by atoms with Gasteiger partial charge in [-0.1, -0.05) is 36.8 Å². The van der Waals surface area contributed by atoms with Gasteiger partial charge in [-0.15, -0.1) is 0 Å². The van der Waals surface area contributed by atoms with Crippen molar-refractivity contribution in [2.75, 3.05) is 6.54 Å². The molecule has 100 valence electrons. The Morgan fingerprint density at radius 3 is 2.56 bits per heavy atom. The van der Waals surface area contributed by atoms with E-state index in [1.165, 1.54) is 11.1 Å². The standard InChI is InChI=1S/C15H24N2O/c1-3-14(10-11-16)17-15(18)9-8-13-6-4-12(2)5-7-13/h4-7,14H,3,8-11,16H2,1-2H3,(H,17,18). The van der Waals surface area contributed by atoms with E-state index >= 15 is 0 Å². The Kier molecular flexibility index (Phi) is 6.44. The average molecular weight is 248 g/mol. The van der Waals surface area contributed by atoms with Gasteiger partial charge in [-0.05, 0) is 38.3 Å². The summed E-state index contributed by atoms with van der Waals surface area (Å²) in [6.45, 7) is 4.76. The van der Waals surface area contributed by atoms with E-state index in [0.717, 1.165) is 19.3 Å². The van der Waals surface area contributed by atoms with Crippen molar-refractivity contribution in [2.24, 2.45) is 5.73 Å². The van der Waals surface area contributed by atoms with Crippen molar-refractivity contribution in [2.45, 2.75) is 45.6 Å². The zero-order valence-electron chi connectivity index (χ0n) is 11.4. The van der Waals surface area contributed by atoms with E-state index in [-0.39, 0.29) is 11.9 Å². The van der Waals surface area contributed by atoms with Crippen LogP contribution >= 0.6 is 0 Å². The highest BCUT2D eigenvalue weighted by Gasteiger charge is 2.09. The predicted molar refractivity (Wildman–Crippen MR) is 75.4 cm³/mol. The largest absolute Gasteiger partial charge is 0.353 e. The van der Waals surface area contributed by atoms with E-state index in [4.69, 9.17) is 5.73 Å². The molecule has 0 saturated carbocycles. The van der Waals surface area contributed by atoms with E-state index in [0.29, 0.717) is 13.0 Å². The molecule has 0 fully saturated rings. The van der Waals surface area contributed by atoms with Crippen molar-refractivity contribution in [1.82, 2.24) is 5.32 Å². The molecule has 0 aliphatic rings. The van der Waals surface area contributed by atoms with Gasteiger partial charge >= 0.3 is 0 Å². The van der Waals surface area contributed by atoms with Crippen molar-refractivity contribution in [1.29, 1.82) is 0 Å². The molecule has 0 heterocycles. The van der Waals surface area contributed by atoms with Gasteiger partial charge in [-0.3, -0.25) is 4.79 Å². The van der Waals surface area contributed by atoms with Crippen LogP contribution in [0, 0.1) is 6.92 Å². The van der Waals surface area contributed by atoms with Crippen LogP contribution in [0.15, 0.2) is 24.3 Å². The van der Waals surface area contributed by atoms with E-state index in [2.05, 4.69) is 43.4 Å². The fourth-order valence-corrected chi connectivity index (χ4v) is 1.89. The molecule has 1 atom stereocenters. The lowest BCUT2D eigenvalue weighted by atomic mass is 10.1. The number of nitrogens with one attached hydrogen (secondary N) is 1. The normalized spacial score (nSPS) is 12.2. The molecule has 3 N–H and O–H groups in total. The lowest BCUT2D eigenvalue weighted by molar-refractivity contribution is -0.121. The molecule has 1 aromatic rings. The number of aryl methyl sites for hydroxylation is 2. The molecule has 0 bridgehead atoms. The molecule has 0 radical (unpaired) electrons. The molecule has 1 rings (SSSR count). The number of carbonyl (C=O) groups excluding carboxylic acids is 1. The highest BCUT2D eigenvalue weighted by Crippen LogP contribution is 2.06. The lowest BCUT2D eigenvalue weighted by Gasteiger charge is -2.15. The van der Waals surface area contributed by atoms with Crippen LogP contribution in [0.25, 0.3) is 0 Å². The molecule has 1 amide bonds. The smallest absolute Gasteiger partial charge is 0.220 e. The Balaban J connectivity index is 2.34. The fraction of sp³-hybridized carbons (Fsp3) is 0.533. The second-order valence-corrected chi connectivity index (χ2v) is 4.74. The third-order valence-corrected chi connectivity index (χ3v) is 3.13. The molecule has 3 nitrogen and oxygen atoms in total. The maximum atomic E-state index is 11.8. The summed E-state index contributed by atoms with van der Waals surface area (Å²) in [5.74, 6) is 0.121. The van der Waals surface area contributed by atoms with E-state index in [1.54, 1.807) is 0 Å². The van der Waals surface area contributed by atoms with Crippen LogP contribution in [-0.4, -0.2) is 18.5 Å². The van der Waals surface area contributed by atoms with Crippen molar-refractivity contribution in [3.8, 4) is 0 Å². The van der Waals surface area contributed by atoms with E-state index in [9.17, 15) is 4.79 Å². The Bertz CT molecular complexity index is 359. The number of rotatable bonds is 7. The van der Waals surface area contributed by atoms with Crippen LogP contribution in [0.1, 0.15) is 37.3 Å². The van der Waals surface area contributed by atoms with Gasteiger partial charge < -0.3 is 11.1 Å². The second kappa shape index (κ2) is 7.88. The van der Waals surface area contributed by atoms with Crippen LogP contribution in [0.2, 0.25) is 0 Å². The van der Waals surface area contributed by atoms with Crippen molar-refractivity contribution in [3.05, 3.63) is 35.4 Å². The zero-order chi connectivity index (χ0) is 13.4. The van der Waals surface area contributed by atoms with Gasteiger partial charge in [0, 0.05) is 12.5 Å². The molecule has 3 heteroatoms. The molecule has 0 aromatic heterocycles. The number of nitrogens with two attached hydrogens (primary N) is 1. The SMILES string of the molecule is CCC(CCN)NC(=O)CCc1ccc(C)cc1. The van der Waals surface area contributed by atoms with E-state index in [1.807, 2.05) is 0 Å². The van der Waals surface area contributed by atoms with Crippen LogP contribution in [-0.2, 0) is 11.2 Å². The number of amides is 1. The zero-order valence-corrected chi connectivity index (χ0v) is 11.4. The monoisotopic (exact) mass is 248 g/mol. The number of carbonyl (C=O) groups is 1. The van der Waals surface area contributed by atoms with Gasteiger partial charge in [0.05, 0.1) is 0 Å². The topological polar surface area (TPSA) is 55.1 Å². The molecular formula is C15H24N2O. The molecule has 0 saturated heterocycles. The van der Waals surface area contributed by atoms with Gasteiger partial charge in [-0.2, -0.15) is 0 Å². The maximum Gasteiger partial charge on any atom is 0.220 e. The van der Waals surface area contributed by atoms with Gasteiger partial charge in [-0.25, -0.2) is 0 Å². The molecule has 0 aliphatic carbocycles. The summed E-state index contributed by atoms with van der Waals surface area (Å²) in [6, 6.07) is 8.55. The summed E-state index contributed by atoms with van der Waals surface area (Å²) in [5, 5.41) is 3.03. The first-order valence-electron chi connectivity index (χ1n) is 6.70. The Hall–Kier alpha value is -1.35. The number of hydrogen-bond donors (Lipinski definition) is 2. The number of hydrogen-bond acceptors (Lipinski definition) is 2. The van der Waals surface area contributed by atoms with Crippen LogP contribution in [0.5, 0.6) is 0 Å². The summed E-state index contributed by atoms with van der Waals surface area (Å²) >= 11 is 0. The Labute approximate surface area is 110 Å². The summed E-state index contributed by atoms with van der Waals surface area (Å²) in [4.78, 5) is 11.8. The van der Waals surface area contributed by atoms with Crippen LogP contribution in [0.3, 0.4) is 0 Å². The summed E-state index contributed by atoms with van der Waals surface area (Å²) < 4.78 is 0. The molecular weight excluding hydrogens is 224 g/mol. The molecule has 1 aromatic carbocycles. The van der Waals surface area contributed by atoms with Gasteiger partial charge in [0.2, 0.25) is 5.91 Å². The Morgan fingerprint density at radius 1 is 1.33 bits per heavy atom. The van der Waals surface area contributed by atoms with Crippen LogP contribution in [0.4, 0.5) is 0 Å². The molecule has 1 unspecified atom stereocenters. The minimum absolute atomic E-state index is 0.121. The quantitative estimate of drug-likeness (QED) is 0.777. The minimum atomic E-state index is 0.121. The van der Waals surface area contributed by atoms with E-state index < -0.39 is 0 Å². The molecule has 18 heavy (non-hydrogen) atoms. The molecule has 0 aliphatic heterocycles. The fourth-order valence-electron chi connectivity index (χ4n) is 1.89. The average Bonchev–Trinajstić information content (AvgIpc) is 2.37. The van der Waals surface area contributed by atoms with Crippen molar-refractivity contribution < 1.29 is 4.79 Å². The van der Waals surface area contributed by atoms with Gasteiger partial charge in [0.1, 0.15) is 0 Å². The lowest BCUT2D eigenvalue weighted by Crippen LogP contribution is -2.35. The minimum Gasteiger partial charge on any atom is -0.353 e. The van der Waals surface area contributed by atoms with Gasteiger partial charge in [0.15, 0.2) is 0 Å². The van der Waals surface area contributed by atoms with Crippen LogP contribution < -0.4 is 11.1 Å². The third-order valence-electron chi connectivity index (χ3n) is 3.13.